The summed E-state index contributed by atoms with van der Waals surface area (Å²) in [5.41, 5.74) is 12.0. The van der Waals surface area contributed by atoms with Crippen LogP contribution in [-0.2, 0) is 19.7 Å². The van der Waals surface area contributed by atoms with Crippen LogP contribution in [0.25, 0.3) is 0 Å². The Kier molecular flexibility index (Phi) is 5.84. The second kappa shape index (κ2) is 8.61. The average molecular weight is 481 g/mol. The molecule has 0 spiro atoms. The van der Waals surface area contributed by atoms with Crippen LogP contribution in [0.1, 0.15) is 0 Å². The van der Waals surface area contributed by atoms with E-state index < -0.39 is 19.7 Å². The molecule has 4 rings (SSSR count). The fourth-order valence-electron chi connectivity index (χ4n) is 3.21. The summed E-state index contributed by atoms with van der Waals surface area (Å²) >= 11 is 0. The number of rotatable bonds is 6. The van der Waals surface area contributed by atoms with Gasteiger partial charge in [-0.2, -0.15) is 0 Å². The predicted molar refractivity (Wildman–Crippen MR) is 126 cm³/mol. The third-order valence-corrected chi connectivity index (χ3v) is 8.54. The lowest BCUT2D eigenvalue weighted by Gasteiger charge is -2.13. The minimum atomic E-state index is -3.88. The maximum absolute atomic E-state index is 13.0. The van der Waals surface area contributed by atoms with Crippen LogP contribution >= 0.6 is 0 Å². The van der Waals surface area contributed by atoms with Crippen LogP contribution in [0, 0.1) is 0 Å². The van der Waals surface area contributed by atoms with Crippen molar-refractivity contribution < 1.29 is 21.6 Å². The first-order valence-electron chi connectivity index (χ1n) is 9.77. The summed E-state index contributed by atoms with van der Waals surface area (Å²) in [5, 5.41) is 0. The lowest BCUT2D eigenvalue weighted by Crippen LogP contribution is -2.06. The quantitative estimate of drug-likeness (QED) is 0.393. The van der Waals surface area contributed by atoms with Crippen molar-refractivity contribution in [3.8, 4) is 11.5 Å². The van der Waals surface area contributed by atoms with E-state index >= 15 is 0 Å². The van der Waals surface area contributed by atoms with Gasteiger partial charge in [-0.15, -0.1) is 0 Å². The summed E-state index contributed by atoms with van der Waals surface area (Å²) in [6.07, 6.45) is 0. The van der Waals surface area contributed by atoms with Gasteiger partial charge in [0.05, 0.1) is 31.0 Å². The van der Waals surface area contributed by atoms with Gasteiger partial charge in [-0.1, -0.05) is 36.4 Å². The largest absolute Gasteiger partial charge is 0.457 e. The molecular formula is C24H20N2O5S2. The van der Waals surface area contributed by atoms with Gasteiger partial charge in [-0.05, 0) is 48.5 Å². The molecule has 4 N–H and O–H groups in total. The van der Waals surface area contributed by atoms with E-state index in [0.717, 1.165) is 0 Å². The monoisotopic (exact) mass is 480 g/mol. The molecule has 0 aliphatic heterocycles. The molecule has 7 nitrogen and oxygen atoms in total. The molecule has 168 valence electrons. The highest BCUT2D eigenvalue weighted by atomic mass is 32.2. The van der Waals surface area contributed by atoms with Gasteiger partial charge in [-0.25, -0.2) is 16.8 Å². The normalized spacial score (nSPS) is 11.8. The fraction of sp³-hybridized carbons (Fsp3) is 0. The second-order valence-corrected chi connectivity index (χ2v) is 11.0. The average Bonchev–Trinajstić information content (AvgIpc) is 2.82. The lowest BCUT2D eigenvalue weighted by molar-refractivity contribution is 0.479. The van der Waals surface area contributed by atoms with Crippen molar-refractivity contribution in [1.82, 2.24) is 0 Å². The molecule has 0 fully saturated rings. The van der Waals surface area contributed by atoms with E-state index in [9.17, 15) is 16.8 Å². The molecule has 4 aromatic carbocycles. The van der Waals surface area contributed by atoms with Crippen LogP contribution in [0.3, 0.4) is 0 Å². The minimum Gasteiger partial charge on any atom is -0.457 e. The van der Waals surface area contributed by atoms with E-state index in [1.54, 1.807) is 36.4 Å². The Hall–Kier alpha value is -3.82. The molecule has 33 heavy (non-hydrogen) atoms. The van der Waals surface area contributed by atoms with E-state index in [0.29, 0.717) is 0 Å². The summed E-state index contributed by atoms with van der Waals surface area (Å²) in [6, 6.07) is 24.2. The van der Waals surface area contributed by atoms with E-state index in [1.165, 1.54) is 60.7 Å². The number of sulfone groups is 2. The first kappa shape index (κ1) is 22.4. The number of hydrogen-bond acceptors (Lipinski definition) is 7. The Morgan fingerprint density at radius 2 is 0.879 bits per heavy atom. The van der Waals surface area contributed by atoms with Crippen LogP contribution in [0.2, 0.25) is 0 Å². The molecule has 0 bridgehead atoms. The Bertz CT molecular complexity index is 1400. The molecule has 0 atom stereocenters. The summed E-state index contributed by atoms with van der Waals surface area (Å²) in [7, 11) is -7.76. The third kappa shape index (κ3) is 4.41. The highest BCUT2D eigenvalue weighted by Crippen LogP contribution is 2.34. The van der Waals surface area contributed by atoms with Crippen molar-refractivity contribution in [2.75, 3.05) is 11.5 Å². The van der Waals surface area contributed by atoms with Gasteiger partial charge in [0.15, 0.2) is 0 Å². The molecule has 0 saturated carbocycles. The number of nitrogens with two attached hydrogens (primary N) is 2. The Morgan fingerprint density at radius 3 is 1.24 bits per heavy atom. The molecule has 4 aromatic rings. The lowest BCUT2D eigenvalue weighted by atomic mass is 10.3. The smallest absolute Gasteiger partial charge is 0.208 e. The highest BCUT2D eigenvalue weighted by molar-refractivity contribution is 7.92. The summed E-state index contributed by atoms with van der Waals surface area (Å²) in [4.78, 5) is -0.0345. The summed E-state index contributed by atoms with van der Waals surface area (Å²) in [6.45, 7) is 0. The Labute approximate surface area is 192 Å². The SMILES string of the molecule is Nc1ccc(Oc2ccc(N)c(S(=O)(=O)c3ccccc3)c2)cc1S(=O)(=O)c1ccccc1. The zero-order valence-electron chi connectivity index (χ0n) is 17.3. The molecule has 0 aliphatic rings. The van der Waals surface area contributed by atoms with Crippen molar-refractivity contribution in [1.29, 1.82) is 0 Å². The molecule has 0 heterocycles. The Balaban J connectivity index is 1.71. The van der Waals surface area contributed by atoms with E-state index in [4.69, 9.17) is 16.2 Å². The number of benzene rings is 4. The van der Waals surface area contributed by atoms with E-state index in [1.807, 2.05) is 0 Å². The molecule has 0 saturated heterocycles. The minimum absolute atomic E-state index is 0.0656. The molecule has 0 aromatic heterocycles. The van der Waals surface area contributed by atoms with E-state index in [2.05, 4.69) is 0 Å². The van der Waals surface area contributed by atoms with Gasteiger partial charge < -0.3 is 16.2 Å². The van der Waals surface area contributed by atoms with Crippen LogP contribution in [0.4, 0.5) is 11.4 Å². The van der Waals surface area contributed by atoms with Crippen molar-refractivity contribution in [3.05, 3.63) is 97.1 Å². The zero-order valence-corrected chi connectivity index (χ0v) is 18.9. The standard InChI is InChI=1S/C24H20N2O5S2/c25-21-13-11-17(15-23(21)32(27,28)19-7-3-1-4-8-19)31-18-12-14-22(26)24(16-18)33(29,30)20-9-5-2-6-10-20/h1-16H,25-26H2. The summed E-state index contributed by atoms with van der Waals surface area (Å²) < 4.78 is 57.9. The van der Waals surface area contributed by atoms with Gasteiger partial charge in [0.1, 0.15) is 11.5 Å². The second-order valence-electron chi connectivity index (χ2n) is 7.13. The highest BCUT2D eigenvalue weighted by Gasteiger charge is 2.23. The number of anilines is 2. The van der Waals surface area contributed by atoms with Gasteiger partial charge in [-0.3, -0.25) is 0 Å². The molecule has 0 radical (unpaired) electrons. The number of ether oxygens (including phenoxy) is 1. The maximum Gasteiger partial charge on any atom is 0.208 e. The zero-order chi connectivity index (χ0) is 23.6. The Morgan fingerprint density at radius 1 is 0.515 bits per heavy atom. The van der Waals surface area contributed by atoms with Crippen molar-refractivity contribution in [3.63, 3.8) is 0 Å². The molecule has 0 amide bonds. The molecule has 9 heteroatoms. The fourth-order valence-corrected chi connectivity index (χ4v) is 6.05. The van der Waals surface area contributed by atoms with Crippen LogP contribution in [0.15, 0.2) is 117 Å². The maximum atomic E-state index is 13.0. The topological polar surface area (TPSA) is 130 Å². The molecule has 0 unspecified atom stereocenters. The van der Waals surface area contributed by atoms with Crippen molar-refractivity contribution in [2.24, 2.45) is 0 Å². The number of hydrogen-bond donors (Lipinski definition) is 2. The predicted octanol–water partition coefficient (Wildman–Crippen LogP) is 4.31. The summed E-state index contributed by atoms with van der Waals surface area (Å²) in [5.74, 6) is 0.345. The molecule has 0 aliphatic carbocycles. The van der Waals surface area contributed by atoms with Crippen molar-refractivity contribution in [2.45, 2.75) is 19.6 Å². The van der Waals surface area contributed by atoms with Crippen LogP contribution in [-0.4, -0.2) is 16.8 Å². The van der Waals surface area contributed by atoms with Gasteiger partial charge in [0.2, 0.25) is 19.7 Å². The van der Waals surface area contributed by atoms with Gasteiger partial charge in [0.25, 0.3) is 0 Å². The van der Waals surface area contributed by atoms with Crippen LogP contribution in [0.5, 0.6) is 11.5 Å². The van der Waals surface area contributed by atoms with E-state index in [-0.39, 0.29) is 42.5 Å². The van der Waals surface area contributed by atoms with Gasteiger partial charge in [0, 0.05) is 12.1 Å². The van der Waals surface area contributed by atoms with Crippen LogP contribution < -0.4 is 16.2 Å². The van der Waals surface area contributed by atoms with Crippen molar-refractivity contribution >= 4 is 31.0 Å². The third-order valence-electron chi connectivity index (χ3n) is 4.89. The van der Waals surface area contributed by atoms with Gasteiger partial charge >= 0.3 is 0 Å². The first-order valence-corrected chi connectivity index (χ1v) is 12.7. The first-order chi connectivity index (χ1) is 15.7. The molecular weight excluding hydrogens is 460 g/mol. The number of nitrogen functional groups attached to an aromatic ring is 2.